The van der Waals surface area contributed by atoms with Crippen LogP contribution < -0.4 is 5.32 Å². The highest BCUT2D eigenvalue weighted by atomic mass is 16.5. The highest BCUT2D eigenvalue weighted by Gasteiger charge is 2.35. The van der Waals surface area contributed by atoms with Gasteiger partial charge >= 0.3 is 0 Å². The molecule has 1 aromatic rings. The minimum Gasteiger partial charge on any atom is -0.374 e. The lowest BCUT2D eigenvalue weighted by Gasteiger charge is -2.40. The Kier molecular flexibility index (Phi) is 6.88. The summed E-state index contributed by atoms with van der Waals surface area (Å²) < 4.78 is 12.3. The zero-order chi connectivity index (χ0) is 17.5. The molecule has 1 N–H and O–H groups in total. The Balaban J connectivity index is 1.53. The van der Waals surface area contributed by atoms with Crippen LogP contribution in [0.4, 0.5) is 0 Å². The first-order valence-corrected chi connectivity index (χ1v) is 9.75. The third kappa shape index (κ3) is 5.82. The molecular weight excluding hydrogens is 314 g/mol. The van der Waals surface area contributed by atoms with Gasteiger partial charge in [-0.3, -0.25) is 4.79 Å². The topological polar surface area (TPSA) is 47.6 Å². The van der Waals surface area contributed by atoms with Gasteiger partial charge in [0.1, 0.15) is 0 Å². The molecule has 138 valence electrons. The van der Waals surface area contributed by atoms with Crippen LogP contribution in [-0.4, -0.2) is 30.8 Å². The van der Waals surface area contributed by atoms with Crippen LogP contribution in [0.3, 0.4) is 0 Å². The Morgan fingerprint density at radius 2 is 1.92 bits per heavy atom. The summed E-state index contributed by atoms with van der Waals surface area (Å²) >= 11 is 0. The zero-order valence-electron chi connectivity index (χ0n) is 15.3. The van der Waals surface area contributed by atoms with Crippen molar-refractivity contribution in [3.63, 3.8) is 0 Å². The summed E-state index contributed by atoms with van der Waals surface area (Å²) in [6.07, 6.45) is 8.61. The van der Waals surface area contributed by atoms with Crippen molar-refractivity contribution in [2.45, 2.75) is 76.7 Å². The maximum Gasteiger partial charge on any atom is 0.217 e. The van der Waals surface area contributed by atoms with E-state index in [1.54, 1.807) is 6.92 Å². The number of carbonyl (C=O) groups excluding carboxylic acids is 1. The van der Waals surface area contributed by atoms with Crippen molar-refractivity contribution in [2.75, 3.05) is 6.61 Å². The molecule has 2 aliphatic rings. The molecule has 0 spiro atoms. The van der Waals surface area contributed by atoms with Crippen LogP contribution in [-0.2, 0) is 20.9 Å². The fraction of sp³-hybridized carbons (Fsp3) is 0.667. The average Bonchev–Trinajstić information content (AvgIpc) is 2.63. The Hall–Kier alpha value is -1.39. The maximum absolute atomic E-state index is 11.5. The smallest absolute Gasteiger partial charge is 0.217 e. The molecule has 1 heterocycles. The molecule has 3 rings (SSSR count). The fourth-order valence-electron chi connectivity index (χ4n) is 4.26. The lowest BCUT2D eigenvalue weighted by atomic mass is 9.81. The molecule has 25 heavy (non-hydrogen) atoms. The molecule has 3 atom stereocenters. The van der Waals surface area contributed by atoms with Gasteiger partial charge in [-0.25, -0.2) is 0 Å². The van der Waals surface area contributed by atoms with Crippen molar-refractivity contribution < 1.29 is 14.3 Å². The minimum atomic E-state index is 0.0539. The second-order valence-corrected chi connectivity index (χ2v) is 7.56. The predicted molar refractivity (Wildman–Crippen MR) is 98.2 cm³/mol. The molecule has 2 fully saturated rings. The molecule has 0 aromatic heterocycles. The first kappa shape index (κ1) is 18.4. The normalized spacial score (nSPS) is 27.8. The number of carbonyl (C=O) groups is 1. The molecule has 4 nitrogen and oxygen atoms in total. The number of benzene rings is 1. The highest BCUT2D eigenvalue weighted by molar-refractivity contribution is 5.73. The summed E-state index contributed by atoms with van der Waals surface area (Å²) in [6.45, 7) is 2.81. The Labute approximate surface area is 151 Å². The Morgan fingerprint density at radius 3 is 2.64 bits per heavy atom. The first-order valence-electron chi connectivity index (χ1n) is 9.75. The van der Waals surface area contributed by atoms with Crippen LogP contribution in [0.15, 0.2) is 30.3 Å². The lowest BCUT2D eigenvalue weighted by Crippen LogP contribution is -2.48. The van der Waals surface area contributed by atoms with Gasteiger partial charge in [-0.05, 0) is 37.2 Å². The molecule has 1 aliphatic heterocycles. The van der Waals surface area contributed by atoms with E-state index in [1.165, 1.54) is 37.7 Å². The molecule has 0 radical (unpaired) electrons. The lowest BCUT2D eigenvalue weighted by molar-refractivity contribution is -0.131. The van der Waals surface area contributed by atoms with Crippen molar-refractivity contribution in [2.24, 2.45) is 5.92 Å². The molecule has 1 amide bonds. The standard InChI is InChI=1S/C21H31NO3/c1-16(23)22-19-12-20(15-24-14-17-8-4-2-5-9-17)25-21(13-19)18-10-6-3-7-11-18/h2,4-5,8-9,18-21H,3,6-7,10-15H2,1H3,(H,22,23)/t19-,20-,21+/m0/s1. The van der Waals surface area contributed by atoms with Gasteiger partial charge in [0.05, 0.1) is 25.4 Å². The molecule has 0 bridgehead atoms. The van der Waals surface area contributed by atoms with E-state index in [2.05, 4.69) is 17.4 Å². The van der Waals surface area contributed by atoms with Crippen molar-refractivity contribution in [1.82, 2.24) is 5.32 Å². The van der Waals surface area contributed by atoms with E-state index in [0.717, 1.165) is 12.8 Å². The third-order valence-corrected chi connectivity index (χ3v) is 5.43. The summed E-state index contributed by atoms with van der Waals surface area (Å²) in [7, 11) is 0. The number of hydrogen-bond donors (Lipinski definition) is 1. The number of nitrogens with one attached hydrogen (secondary N) is 1. The van der Waals surface area contributed by atoms with E-state index in [4.69, 9.17) is 9.47 Å². The number of ether oxygens (including phenoxy) is 2. The molecular formula is C21H31NO3. The van der Waals surface area contributed by atoms with E-state index in [9.17, 15) is 4.79 Å². The fourth-order valence-corrected chi connectivity index (χ4v) is 4.26. The first-order chi connectivity index (χ1) is 12.2. The molecule has 4 heteroatoms. The van der Waals surface area contributed by atoms with Gasteiger partial charge in [0.15, 0.2) is 0 Å². The number of hydrogen-bond acceptors (Lipinski definition) is 3. The Morgan fingerprint density at radius 1 is 1.16 bits per heavy atom. The van der Waals surface area contributed by atoms with Gasteiger partial charge in [-0.1, -0.05) is 49.6 Å². The number of rotatable bonds is 6. The van der Waals surface area contributed by atoms with Crippen molar-refractivity contribution in [1.29, 1.82) is 0 Å². The molecule has 1 aliphatic carbocycles. The van der Waals surface area contributed by atoms with Crippen molar-refractivity contribution >= 4 is 5.91 Å². The maximum atomic E-state index is 11.5. The van der Waals surface area contributed by atoms with E-state index in [-0.39, 0.29) is 24.2 Å². The number of amides is 1. The van der Waals surface area contributed by atoms with Crippen LogP contribution in [0.5, 0.6) is 0 Å². The third-order valence-electron chi connectivity index (χ3n) is 5.43. The van der Waals surface area contributed by atoms with Gasteiger partial charge in [0, 0.05) is 13.0 Å². The van der Waals surface area contributed by atoms with Gasteiger partial charge in [0.2, 0.25) is 5.91 Å². The van der Waals surface area contributed by atoms with Gasteiger partial charge < -0.3 is 14.8 Å². The summed E-state index contributed by atoms with van der Waals surface area (Å²) in [6, 6.07) is 10.4. The van der Waals surface area contributed by atoms with Gasteiger partial charge in [-0.2, -0.15) is 0 Å². The second-order valence-electron chi connectivity index (χ2n) is 7.56. The van der Waals surface area contributed by atoms with E-state index in [1.807, 2.05) is 18.2 Å². The van der Waals surface area contributed by atoms with Crippen LogP contribution in [0.1, 0.15) is 57.4 Å². The Bertz CT molecular complexity index is 527. The average molecular weight is 345 g/mol. The van der Waals surface area contributed by atoms with Crippen LogP contribution in [0.25, 0.3) is 0 Å². The quantitative estimate of drug-likeness (QED) is 0.852. The highest BCUT2D eigenvalue weighted by Crippen LogP contribution is 2.34. The van der Waals surface area contributed by atoms with Crippen molar-refractivity contribution in [3.8, 4) is 0 Å². The summed E-state index contributed by atoms with van der Waals surface area (Å²) in [5.74, 6) is 0.695. The predicted octanol–water partition coefficient (Wildman–Crippen LogP) is 3.84. The zero-order valence-corrected chi connectivity index (χ0v) is 15.3. The SMILES string of the molecule is CC(=O)N[C@H]1C[C@@H](COCc2ccccc2)O[C@@H](C2CCCCC2)C1. The van der Waals surface area contributed by atoms with Crippen molar-refractivity contribution in [3.05, 3.63) is 35.9 Å². The van der Waals surface area contributed by atoms with Crippen LogP contribution in [0.2, 0.25) is 0 Å². The van der Waals surface area contributed by atoms with E-state index in [0.29, 0.717) is 19.1 Å². The summed E-state index contributed by atoms with van der Waals surface area (Å²) in [5, 5.41) is 3.11. The molecule has 0 unspecified atom stereocenters. The summed E-state index contributed by atoms with van der Waals surface area (Å²) in [5.41, 5.74) is 1.18. The van der Waals surface area contributed by atoms with E-state index >= 15 is 0 Å². The van der Waals surface area contributed by atoms with Crippen LogP contribution >= 0.6 is 0 Å². The largest absolute Gasteiger partial charge is 0.374 e. The summed E-state index contributed by atoms with van der Waals surface area (Å²) in [4.78, 5) is 11.5. The van der Waals surface area contributed by atoms with E-state index < -0.39 is 0 Å². The van der Waals surface area contributed by atoms with Gasteiger partial charge in [0.25, 0.3) is 0 Å². The van der Waals surface area contributed by atoms with Crippen LogP contribution in [0, 0.1) is 5.92 Å². The molecule has 1 saturated carbocycles. The molecule has 1 saturated heterocycles. The minimum absolute atomic E-state index is 0.0539. The monoisotopic (exact) mass is 345 g/mol. The van der Waals surface area contributed by atoms with Gasteiger partial charge in [-0.15, -0.1) is 0 Å². The molecule has 1 aromatic carbocycles. The second kappa shape index (κ2) is 9.35.